The van der Waals surface area contributed by atoms with Gasteiger partial charge in [-0.3, -0.25) is 24.1 Å². The summed E-state index contributed by atoms with van der Waals surface area (Å²) in [7, 11) is 0. The number of alkyl halides is 1. The quantitative estimate of drug-likeness (QED) is 0.268. The van der Waals surface area contributed by atoms with Crippen molar-refractivity contribution in [1.82, 2.24) is 20.0 Å². The highest BCUT2D eigenvalue weighted by molar-refractivity contribution is 6.30. The van der Waals surface area contributed by atoms with Crippen LogP contribution in [0.25, 0.3) is 16.5 Å². The molecule has 0 aliphatic carbocycles. The Morgan fingerprint density at radius 3 is 2.70 bits per heavy atom. The molecule has 208 valence electrons. The normalized spacial score (nSPS) is 17.5. The summed E-state index contributed by atoms with van der Waals surface area (Å²) in [6.07, 6.45) is 2.80. The largest absolute Gasteiger partial charge is 0.405 e. The van der Waals surface area contributed by atoms with Gasteiger partial charge in [-0.25, -0.2) is 8.78 Å². The molecule has 2 heterocycles. The molecule has 1 saturated heterocycles. The lowest BCUT2D eigenvalue weighted by atomic mass is 10.0. The molecule has 0 unspecified atom stereocenters. The van der Waals surface area contributed by atoms with Crippen LogP contribution >= 0.6 is 11.6 Å². The van der Waals surface area contributed by atoms with E-state index in [-0.39, 0.29) is 36.8 Å². The minimum Gasteiger partial charge on any atom is -0.405 e. The van der Waals surface area contributed by atoms with Gasteiger partial charge in [-0.1, -0.05) is 17.7 Å². The average molecular weight is 570 g/mol. The Balaban J connectivity index is 1.56. The monoisotopic (exact) mass is 569 g/mol. The molecule has 10 nitrogen and oxygen atoms in total. The molecule has 0 saturated carbocycles. The van der Waals surface area contributed by atoms with Crippen LogP contribution in [-0.2, 0) is 22.7 Å². The van der Waals surface area contributed by atoms with E-state index in [9.17, 15) is 23.2 Å². The highest BCUT2D eigenvalue weighted by atomic mass is 35.5. The van der Waals surface area contributed by atoms with Gasteiger partial charge in [-0.15, -0.1) is 0 Å². The predicted octanol–water partition coefficient (Wildman–Crippen LogP) is 2.70. The molecule has 0 radical (unpaired) electrons. The van der Waals surface area contributed by atoms with Gasteiger partial charge in [-0.2, -0.15) is 5.10 Å². The maximum Gasteiger partial charge on any atom is 0.269 e. The molecule has 1 aromatic heterocycles. The molecule has 2 aromatic carbocycles. The number of likely N-dealkylation sites (tertiary alicyclic amines) is 1. The first-order chi connectivity index (χ1) is 19.1. The van der Waals surface area contributed by atoms with Crippen LogP contribution in [0.1, 0.15) is 28.0 Å². The number of nitrogens with zero attached hydrogens (tertiary/aromatic N) is 4. The van der Waals surface area contributed by atoms with E-state index in [4.69, 9.17) is 23.1 Å². The third kappa shape index (κ3) is 6.18. The summed E-state index contributed by atoms with van der Waals surface area (Å²) in [4.78, 5) is 43.2. The molecule has 1 fully saturated rings. The zero-order chi connectivity index (χ0) is 29.0. The van der Waals surface area contributed by atoms with E-state index in [0.29, 0.717) is 27.6 Å². The molecule has 3 amide bonds. The van der Waals surface area contributed by atoms with Gasteiger partial charge in [-0.05, 0) is 60.5 Å². The summed E-state index contributed by atoms with van der Waals surface area (Å²) < 4.78 is 29.3. The fourth-order valence-electron chi connectivity index (χ4n) is 4.62. The Labute approximate surface area is 233 Å². The smallest absolute Gasteiger partial charge is 0.269 e. The fraction of sp³-hybridized carbons (Fsp3) is 0.222. The van der Waals surface area contributed by atoms with E-state index in [2.05, 4.69) is 22.1 Å². The van der Waals surface area contributed by atoms with Crippen molar-refractivity contribution < 1.29 is 23.2 Å². The van der Waals surface area contributed by atoms with Crippen molar-refractivity contribution in [1.29, 1.82) is 0 Å². The molecule has 0 bridgehead atoms. The van der Waals surface area contributed by atoms with Crippen LogP contribution in [0.15, 0.2) is 59.9 Å². The molecule has 3 aromatic rings. The molecular weight excluding hydrogens is 544 g/mol. The molecule has 13 heteroatoms. The van der Waals surface area contributed by atoms with Crippen molar-refractivity contribution in [2.45, 2.75) is 31.7 Å². The van der Waals surface area contributed by atoms with E-state index in [1.54, 1.807) is 24.3 Å². The number of primary amides is 1. The lowest BCUT2D eigenvalue weighted by Gasteiger charge is -2.23. The van der Waals surface area contributed by atoms with Crippen LogP contribution in [0.2, 0.25) is 5.02 Å². The number of nitrogens with two attached hydrogens (primary N) is 2. The number of hydrogen-bond donors (Lipinski definition) is 3. The summed E-state index contributed by atoms with van der Waals surface area (Å²) in [5, 5.41) is 7.39. The molecule has 2 atom stereocenters. The molecular formula is C27H26ClF2N7O3. The predicted molar refractivity (Wildman–Crippen MR) is 147 cm³/mol. The van der Waals surface area contributed by atoms with Crippen molar-refractivity contribution in [3.05, 3.63) is 82.5 Å². The molecule has 1 aliphatic heterocycles. The van der Waals surface area contributed by atoms with Crippen LogP contribution in [0.4, 0.5) is 8.78 Å². The van der Waals surface area contributed by atoms with Crippen LogP contribution in [0.5, 0.6) is 0 Å². The minimum atomic E-state index is -1.42. The number of hydrogen-bond acceptors (Lipinski definition) is 6. The first-order valence-electron chi connectivity index (χ1n) is 12.1. The van der Waals surface area contributed by atoms with Gasteiger partial charge >= 0.3 is 0 Å². The van der Waals surface area contributed by atoms with E-state index in [1.165, 1.54) is 29.2 Å². The Morgan fingerprint density at radius 2 is 2.02 bits per heavy atom. The second kappa shape index (κ2) is 12.1. The number of fused-ring (bicyclic) bond motifs is 1. The Hall–Kier alpha value is -4.58. The Bertz CT molecular complexity index is 1530. The summed E-state index contributed by atoms with van der Waals surface area (Å²) in [6.45, 7) is 2.72. The Kier molecular flexibility index (Phi) is 8.58. The van der Waals surface area contributed by atoms with Crippen LogP contribution < -0.4 is 16.8 Å². The summed E-state index contributed by atoms with van der Waals surface area (Å²) in [5.41, 5.74) is 13.1. The number of benzene rings is 2. The molecule has 1 aliphatic rings. The number of aromatic nitrogens is 2. The summed E-state index contributed by atoms with van der Waals surface area (Å²) in [5.74, 6) is -2.55. The topological polar surface area (TPSA) is 149 Å². The second-order valence-electron chi connectivity index (χ2n) is 9.12. The maximum atomic E-state index is 14.4. The lowest BCUT2D eigenvalue weighted by Crippen LogP contribution is -2.46. The van der Waals surface area contributed by atoms with Gasteiger partial charge in [0, 0.05) is 35.1 Å². The van der Waals surface area contributed by atoms with Crippen molar-refractivity contribution in [2.24, 2.45) is 16.5 Å². The van der Waals surface area contributed by atoms with Crippen LogP contribution in [0.3, 0.4) is 0 Å². The van der Waals surface area contributed by atoms with Crippen molar-refractivity contribution in [3.8, 4) is 0 Å². The van der Waals surface area contributed by atoms with Crippen LogP contribution in [0, 0.1) is 5.82 Å². The number of rotatable bonds is 9. The van der Waals surface area contributed by atoms with E-state index >= 15 is 0 Å². The van der Waals surface area contributed by atoms with Gasteiger partial charge in [0.2, 0.25) is 11.8 Å². The zero-order valence-electron chi connectivity index (χ0n) is 21.2. The van der Waals surface area contributed by atoms with Crippen molar-refractivity contribution in [2.75, 3.05) is 6.54 Å². The van der Waals surface area contributed by atoms with Gasteiger partial charge < -0.3 is 21.7 Å². The highest BCUT2D eigenvalue weighted by Crippen LogP contribution is 2.26. The fourth-order valence-corrected chi connectivity index (χ4v) is 4.87. The SMILES string of the molecule is C=N/C=C(\C=C/N)c1ccc2c(c1)c(C(N)=O)nn2CC(=O)N1C[C@H](F)C[C@H]1C(=O)NCc1cc(F)cc(Cl)c1. The van der Waals surface area contributed by atoms with Crippen LogP contribution in [-0.4, -0.2) is 57.9 Å². The Morgan fingerprint density at radius 1 is 1.25 bits per heavy atom. The van der Waals surface area contributed by atoms with Gasteiger partial charge in [0.25, 0.3) is 5.91 Å². The first-order valence-corrected chi connectivity index (χ1v) is 12.5. The van der Waals surface area contributed by atoms with Crippen molar-refractivity contribution >= 4 is 52.5 Å². The number of carbonyl (C=O) groups excluding carboxylic acids is 3. The maximum absolute atomic E-state index is 14.4. The zero-order valence-corrected chi connectivity index (χ0v) is 21.9. The molecule has 5 N–H and O–H groups in total. The average Bonchev–Trinajstić information content (AvgIpc) is 3.47. The van der Waals surface area contributed by atoms with Gasteiger partial charge in [0.1, 0.15) is 24.6 Å². The van der Waals surface area contributed by atoms with E-state index < -0.39 is 35.8 Å². The first kappa shape index (κ1) is 28.4. The number of halogens is 3. The molecule has 0 spiro atoms. The lowest BCUT2D eigenvalue weighted by molar-refractivity contribution is -0.139. The number of aliphatic imine (C=N–C) groups is 1. The van der Waals surface area contributed by atoms with Crippen molar-refractivity contribution in [3.63, 3.8) is 0 Å². The highest BCUT2D eigenvalue weighted by Gasteiger charge is 2.40. The third-order valence-electron chi connectivity index (χ3n) is 6.37. The molecule has 40 heavy (non-hydrogen) atoms. The summed E-state index contributed by atoms with van der Waals surface area (Å²) >= 11 is 5.86. The van der Waals surface area contributed by atoms with Gasteiger partial charge in [0.15, 0.2) is 5.69 Å². The van der Waals surface area contributed by atoms with E-state index in [0.717, 1.165) is 11.0 Å². The number of allylic oxidation sites excluding steroid dienone is 2. The third-order valence-corrected chi connectivity index (χ3v) is 6.59. The van der Waals surface area contributed by atoms with Gasteiger partial charge in [0.05, 0.1) is 12.1 Å². The number of nitrogens with one attached hydrogen (secondary N) is 1. The van der Waals surface area contributed by atoms with E-state index in [1.807, 2.05) is 0 Å². The minimum absolute atomic E-state index is 0.0585. The summed E-state index contributed by atoms with van der Waals surface area (Å²) in [6, 6.07) is 7.77. The molecule has 4 rings (SSSR count). The number of carbonyl (C=O) groups is 3. The second-order valence-corrected chi connectivity index (χ2v) is 9.56. The number of amides is 3. The standard InChI is InChI=1S/C27H26ClF2N7O3/c1-33-12-17(4-5-31)16-2-3-22-21(8-16)25(26(32)39)35-37(22)14-24(38)36-13-20(30)10-23(36)27(40)34-11-15-6-18(28)9-19(29)7-15/h2-9,12,20,23H,1,10-11,13-14,31H2,(H2,32,39)(H,34,40)/b5-4-,17-12+/t20-,23+/m1/s1.